The Morgan fingerprint density at radius 1 is 1.18 bits per heavy atom. The molecule has 56 valence electrons. The van der Waals surface area contributed by atoms with Crippen LogP contribution in [0.5, 0.6) is 0 Å². The lowest BCUT2D eigenvalue weighted by Gasteiger charge is -1.78. The van der Waals surface area contributed by atoms with Gasteiger partial charge in [0.25, 0.3) is 6.47 Å². The molecule has 0 fully saturated rings. The van der Waals surface area contributed by atoms with Gasteiger partial charge in [-0.15, -0.1) is 0 Å². The fraction of sp³-hybridized carbons (Fsp3) is 0. The molecule has 3 heteroatoms. The third-order valence-corrected chi connectivity index (χ3v) is 1.41. The Morgan fingerprint density at radius 3 is 1.64 bits per heavy atom. The molecule has 0 aromatic rings. The molecule has 0 radical (unpaired) electrons. The summed E-state index contributed by atoms with van der Waals surface area (Å²) < 4.78 is 0. The number of carboxylic acid groups (broad SMARTS) is 1. The predicted octanol–water partition coefficient (Wildman–Crippen LogP) is 0.692. The standard InChI is InChI=1S/C7H4O.CH2O2/c8-7-5-1-2-6(7)4-3-5;2-1-3/h1-4H;1H,(H,2,3). The number of allylic oxidation sites excluding steroid dienone is 6. The summed E-state index contributed by atoms with van der Waals surface area (Å²) >= 11 is 0. The SMILES string of the molecule is O=C1C2=CC=C1C=C2.O=CO. The van der Waals surface area contributed by atoms with E-state index < -0.39 is 0 Å². The summed E-state index contributed by atoms with van der Waals surface area (Å²) in [4.78, 5) is 19.1. The second kappa shape index (κ2) is 2.96. The first-order valence-corrected chi connectivity index (χ1v) is 3.02. The number of hydrogen-bond acceptors (Lipinski definition) is 2. The van der Waals surface area contributed by atoms with Crippen molar-refractivity contribution in [2.24, 2.45) is 0 Å². The van der Waals surface area contributed by atoms with Crippen molar-refractivity contribution in [2.45, 2.75) is 0 Å². The highest BCUT2D eigenvalue weighted by Crippen LogP contribution is 2.23. The van der Waals surface area contributed by atoms with Gasteiger partial charge in [0.15, 0.2) is 5.78 Å². The Bertz CT molecular complexity index is 258. The van der Waals surface area contributed by atoms with Crippen molar-refractivity contribution in [1.82, 2.24) is 0 Å². The largest absolute Gasteiger partial charge is 0.483 e. The van der Waals surface area contributed by atoms with E-state index in [1.807, 2.05) is 24.3 Å². The van der Waals surface area contributed by atoms with Crippen molar-refractivity contribution in [3.05, 3.63) is 35.5 Å². The molecule has 0 amide bonds. The summed E-state index contributed by atoms with van der Waals surface area (Å²) in [5.74, 6) is 0.185. The molecule has 3 nitrogen and oxygen atoms in total. The molecule has 0 aromatic heterocycles. The fourth-order valence-corrected chi connectivity index (χ4v) is 0.940. The maximum Gasteiger partial charge on any atom is 0.290 e. The van der Waals surface area contributed by atoms with Gasteiger partial charge in [-0.1, -0.05) is 24.3 Å². The maximum absolute atomic E-state index is 10.8. The lowest BCUT2D eigenvalue weighted by atomic mass is 10.2. The molecule has 0 saturated carbocycles. The molecule has 0 atom stereocenters. The summed E-state index contributed by atoms with van der Waals surface area (Å²) in [7, 11) is 0. The van der Waals surface area contributed by atoms with Crippen LogP contribution in [-0.2, 0) is 9.59 Å². The lowest BCUT2D eigenvalue weighted by Crippen LogP contribution is -1.89. The second-order valence-electron chi connectivity index (χ2n) is 2.01. The molecule has 0 spiro atoms. The van der Waals surface area contributed by atoms with E-state index in [0.717, 1.165) is 11.1 Å². The molecule has 2 rings (SSSR count). The Morgan fingerprint density at radius 2 is 1.55 bits per heavy atom. The zero-order chi connectivity index (χ0) is 8.27. The monoisotopic (exact) mass is 150 g/mol. The van der Waals surface area contributed by atoms with Crippen molar-refractivity contribution >= 4 is 12.3 Å². The van der Waals surface area contributed by atoms with Gasteiger partial charge in [-0.2, -0.15) is 0 Å². The highest BCUT2D eigenvalue weighted by molar-refractivity contribution is 6.17. The average molecular weight is 150 g/mol. The molecule has 0 unspecified atom stereocenters. The minimum absolute atomic E-state index is 0.185. The zero-order valence-corrected chi connectivity index (χ0v) is 5.65. The van der Waals surface area contributed by atoms with E-state index in [1.165, 1.54) is 0 Å². The van der Waals surface area contributed by atoms with Gasteiger partial charge < -0.3 is 5.11 Å². The van der Waals surface area contributed by atoms with Gasteiger partial charge in [0, 0.05) is 11.1 Å². The van der Waals surface area contributed by atoms with Crippen LogP contribution in [-0.4, -0.2) is 17.4 Å². The minimum Gasteiger partial charge on any atom is -0.483 e. The van der Waals surface area contributed by atoms with E-state index in [-0.39, 0.29) is 12.3 Å². The fourth-order valence-electron chi connectivity index (χ4n) is 0.940. The van der Waals surface area contributed by atoms with Crippen LogP contribution in [0.1, 0.15) is 0 Å². The number of carbonyl (C=O) groups excluding carboxylic acids is 1. The van der Waals surface area contributed by atoms with Gasteiger partial charge in [-0.3, -0.25) is 9.59 Å². The second-order valence-corrected chi connectivity index (χ2v) is 2.01. The summed E-state index contributed by atoms with van der Waals surface area (Å²) in [6.07, 6.45) is 7.38. The summed E-state index contributed by atoms with van der Waals surface area (Å²) in [6, 6.07) is 0. The maximum atomic E-state index is 10.8. The average Bonchev–Trinajstić information content (AvgIpc) is 2.51. The molecule has 2 aliphatic rings. The molecule has 0 saturated heterocycles. The van der Waals surface area contributed by atoms with Crippen molar-refractivity contribution in [2.75, 3.05) is 0 Å². The van der Waals surface area contributed by atoms with Crippen LogP contribution >= 0.6 is 0 Å². The number of carbonyl (C=O) groups is 2. The third-order valence-electron chi connectivity index (χ3n) is 1.41. The summed E-state index contributed by atoms with van der Waals surface area (Å²) in [5, 5.41) is 6.89. The zero-order valence-electron chi connectivity index (χ0n) is 5.65. The van der Waals surface area contributed by atoms with Crippen LogP contribution < -0.4 is 0 Å². The number of fused-ring (bicyclic) bond motifs is 2. The van der Waals surface area contributed by atoms with Gasteiger partial charge in [-0.05, 0) is 0 Å². The molecule has 11 heavy (non-hydrogen) atoms. The van der Waals surface area contributed by atoms with Crippen LogP contribution in [0.15, 0.2) is 35.5 Å². The van der Waals surface area contributed by atoms with E-state index in [0.29, 0.717) is 0 Å². The Balaban J connectivity index is 0.000000179. The number of rotatable bonds is 0. The number of Topliss-reactive ketones (excluding diaryl/α,β-unsaturated/α-hetero) is 1. The smallest absolute Gasteiger partial charge is 0.290 e. The van der Waals surface area contributed by atoms with Crippen molar-refractivity contribution < 1.29 is 14.7 Å². The van der Waals surface area contributed by atoms with Crippen LogP contribution in [0.4, 0.5) is 0 Å². The Hall–Kier alpha value is -1.64. The molecule has 1 N–H and O–H groups in total. The predicted molar refractivity (Wildman–Crippen MR) is 39.0 cm³/mol. The highest BCUT2D eigenvalue weighted by atomic mass is 16.3. The quantitative estimate of drug-likeness (QED) is 0.517. The molecule has 0 aliphatic heterocycles. The van der Waals surface area contributed by atoms with Crippen LogP contribution in [0.3, 0.4) is 0 Å². The highest BCUT2D eigenvalue weighted by Gasteiger charge is 2.19. The van der Waals surface area contributed by atoms with E-state index in [1.54, 1.807) is 0 Å². The third kappa shape index (κ3) is 1.26. The van der Waals surface area contributed by atoms with Gasteiger partial charge in [0.1, 0.15) is 0 Å². The molecular formula is C8H6O3. The van der Waals surface area contributed by atoms with Gasteiger partial charge in [-0.25, -0.2) is 0 Å². The number of hydrogen-bond donors (Lipinski definition) is 1. The topological polar surface area (TPSA) is 54.4 Å². The first kappa shape index (κ1) is 7.47. The molecular weight excluding hydrogens is 144 g/mol. The molecule has 2 bridgehead atoms. The van der Waals surface area contributed by atoms with Crippen LogP contribution in [0, 0.1) is 0 Å². The van der Waals surface area contributed by atoms with E-state index in [2.05, 4.69) is 0 Å². The van der Waals surface area contributed by atoms with Crippen LogP contribution in [0.25, 0.3) is 0 Å². The van der Waals surface area contributed by atoms with E-state index in [9.17, 15) is 4.79 Å². The lowest BCUT2D eigenvalue weighted by molar-refractivity contribution is -0.122. The first-order chi connectivity index (χ1) is 5.29. The van der Waals surface area contributed by atoms with Crippen LogP contribution in [0.2, 0.25) is 0 Å². The Labute approximate surface area is 63.3 Å². The minimum atomic E-state index is -0.250. The molecule has 0 heterocycles. The molecule has 0 aromatic carbocycles. The van der Waals surface area contributed by atoms with E-state index in [4.69, 9.17) is 9.90 Å². The summed E-state index contributed by atoms with van der Waals surface area (Å²) in [5.41, 5.74) is 1.67. The first-order valence-electron chi connectivity index (χ1n) is 3.02. The van der Waals surface area contributed by atoms with Gasteiger partial charge in [0.05, 0.1) is 0 Å². The van der Waals surface area contributed by atoms with Crippen molar-refractivity contribution in [1.29, 1.82) is 0 Å². The van der Waals surface area contributed by atoms with E-state index >= 15 is 0 Å². The normalized spacial score (nSPS) is 16.9. The van der Waals surface area contributed by atoms with Crippen molar-refractivity contribution in [3.63, 3.8) is 0 Å². The summed E-state index contributed by atoms with van der Waals surface area (Å²) in [6.45, 7) is -0.250. The number of ketones is 1. The Kier molecular flexibility index (Phi) is 2.01. The van der Waals surface area contributed by atoms with Gasteiger partial charge in [0.2, 0.25) is 0 Å². The van der Waals surface area contributed by atoms with Crippen molar-refractivity contribution in [3.8, 4) is 0 Å². The molecule has 2 aliphatic carbocycles. The van der Waals surface area contributed by atoms with Gasteiger partial charge >= 0.3 is 0 Å².